The average Bonchev–Trinajstić information content (AvgIpc) is 3.31. The normalized spacial score (nSPS) is 20.9. The third kappa shape index (κ3) is 14.3. The van der Waals surface area contributed by atoms with Gasteiger partial charge in [0.05, 0.1) is 30.7 Å². The number of aryl methyl sites for hydroxylation is 2. The molecule has 0 radical (unpaired) electrons. The molecule has 7 N–H and O–H groups in total. The highest BCUT2D eigenvalue weighted by molar-refractivity contribution is 5.97. The zero-order valence-corrected chi connectivity index (χ0v) is 50.2. The first-order chi connectivity index (χ1) is 39.4. The fourth-order valence-corrected chi connectivity index (χ4v) is 12.0. The average molecular weight is 1140 g/mol. The summed E-state index contributed by atoms with van der Waals surface area (Å²) in [5, 5.41) is 21.4. The highest BCUT2D eigenvalue weighted by Crippen LogP contribution is 2.35. The Bertz CT molecular complexity index is 3080. The number of nitrogens with one attached hydrogen (secondary N) is 7. The lowest BCUT2D eigenvalue weighted by Crippen LogP contribution is -2.62. The molecule has 2 aliphatic carbocycles. The number of benzene rings is 4. The van der Waals surface area contributed by atoms with Gasteiger partial charge in [0, 0.05) is 43.7 Å². The molecule has 0 aromatic heterocycles. The molecular weight excluding hydrogens is 1050 g/mol. The molecule has 4 aromatic carbocycles. The number of nitrogens with zero attached hydrogens (tertiary/aromatic N) is 3. The summed E-state index contributed by atoms with van der Waals surface area (Å²) >= 11 is 0. The Morgan fingerprint density at radius 2 is 1.11 bits per heavy atom. The lowest BCUT2D eigenvalue weighted by atomic mass is 9.83. The molecule has 444 valence electrons. The van der Waals surface area contributed by atoms with Crippen molar-refractivity contribution in [3.05, 3.63) is 136 Å². The van der Waals surface area contributed by atoms with Gasteiger partial charge in [0.25, 0.3) is 5.91 Å². The van der Waals surface area contributed by atoms with Crippen LogP contribution in [0.2, 0.25) is 0 Å². The second kappa shape index (κ2) is 26.0. The van der Waals surface area contributed by atoms with Gasteiger partial charge >= 0.3 is 0 Å². The Morgan fingerprint density at radius 3 is 1.61 bits per heavy atom. The molecule has 4 aromatic rings. The van der Waals surface area contributed by atoms with Crippen molar-refractivity contribution >= 4 is 52.9 Å². The maximum Gasteiger partial charge on any atom is 0.251 e. The topological polar surface area (TPSA) is 230 Å². The van der Waals surface area contributed by atoms with Crippen LogP contribution in [0, 0.1) is 10.8 Å². The number of anilines is 1. The molecule has 18 heteroatoms. The minimum absolute atomic E-state index is 0.0410. The maximum atomic E-state index is 15.0. The summed E-state index contributed by atoms with van der Waals surface area (Å²) in [4.78, 5) is 118. The van der Waals surface area contributed by atoms with Crippen LogP contribution in [0.1, 0.15) is 156 Å². The SMILES string of the molecule is CN[C@@H](C)C(=O)N[C@H](C(=O)N1Cc2cc(N(Cc3ccc(C(=O)N[C@H]4C[C@@H](C(=O)N[C@@H]5CCCc6ccccc65)N(C(=O)[C@@H](NC(=O)[C@H](C)NC)C(C)(C)C)C4)cc3)C(C)=O)ccc2C[C@H]1C(=O)N[C@@H]1CCCc2ccccc21)C(C)(C)C. The van der Waals surface area contributed by atoms with Gasteiger partial charge in [0.15, 0.2) is 0 Å². The number of likely N-dealkylation sites (N-methyl/N-ethyl adjacent to an activating group) is 2. The Balaban J connectivity index is 0.998. The van der Waals surface area contributed by atoms with Gasteiger partial charge in [0.1, 0.15) is 24.2 Å². The van der Waals surface area contributed by atoms with Crippen molar-refractivity contribution in [2.75, 3.05) is 25.5 Å². The van der Waals surface area contributed by atoms with Crippen LogP contribution in [0.5, 0.6) is 0 Å². The molecule has 83 heavy (non-hydrogen) atoms. The third-order valence-corrected chi connectivity index (χ3v) is 17.2. The maximum absolute atomic E-state index is 15.0. The second-order valence-electron chi connectivity index (χ2n) is 25.3. The van der Waals surface area contributed by atoms with Gasteiger partial charge in [-0.25, -0.2) is 0 Å². The van der Waals surface area contributed by atoms with E-state index in [1.54, 1.807) is 62.0 Å². The summed E-state index contributed by atoms with van der Waals surface area (Å²) < 4.78 is 0. The van der Waals surface area contributed by atoms with Gasteiger partial charge in [-0.3, -0.25) is 38.4 Å². The molecule has 8 amide bonds. The van der Waals surface area contributed by atoms with Crippen molar-refractivity contribution in [2.45, 2.75) is 181 Å². The quantitative estimate of drug-likeness (QED) is 0.0667. The smallest absolute Gasteiger partial charge is 0.251 e. The van der Waals surface area contributed by atoms with Crippen molar-refractivity contribution in [1.82, 2.24) is 47.0 Å². The first kappa shape index (κ1) is 61.6. The molecular formula is C65H86N10O8. The largest absolute Gasteiger partial charge is 0.347 e. The lowest BCUT2D eigenvalue weighted by Gasteiger charge is -2.42. The molecule has 1 fully saturated rings. The van der Waals surface area contributed by atoms with E-state index in [0.29, 0.717) is 11.3 Å². The summed E-state index contributed by atoms with van der Waals surface area (Å²) in [6.45, 7) is 16.4. The minimum atomic E-state index is -0.969. The van der Waals surface area contributed by atoms with E-state index in [2.05, 4.69) is 49.4 Å². The Hall–Kier alpha value is -7.44. The molecule has 18 nitrogen and oxygen atoms in total. The van der Waals surface area contributed by atoms with E-state index in [1.165, 1.54) is 23.0 Å². The van der Waals surface area contributed by atoms with E-state index >= 15 is 4.79 Å². The monoisotopic (exact) mass is 1130 g/mol. The number of hydrogen-bond donors (Lipinski definition) is 7. The second-order valence-corrected chi connectivity index (χ2v) is 25.3. The lowest BCUT2D eigenvalue weighted by molar-refractivity contribution is -0.147. The molecule has 0 spiro atoms. The minimum Gasteiger partial charge on any atom is -0.347 e. The highest BCUT2D eigenvalue weighted by Gasteiger charge is 2.47. The number of fused-ring (bicyclic) bond motifs is 3. The van der Waals surface area contributed by atoms with Crippen molar-refractivity contribution in [2.24, 2.45) is 10.8 Å². The Labute approximate surface area is 489 Å². The van der Waals surface area contributed by atoms with Crippen LogP contribution in [0.25, 0.3) is 0 Å². The van der Waals surface area contributed by atoms with Crippen LogP contribution >= 0.6 is 0 Å². The van der Waals surface area contributed by atoms with Gasteiger partial charge in [0.2, 0.25) is 41.4 Å². The number of rotatable bonds is 17. The molecule has 4 aliphatic rings. The summed E-state index contributed by atoms with van der Waals surface area (Å²) in [6, 6.07) is 22.8. The summed E-state index contributed by atoms with van der Waals surface area (Å²) in [6.07, 6.45) is 5.54. The summed E-state index contributed by atoms with van der Waals surface area (Å²) in [5.41, 5.74) is 6.31. The fraction of sp³-hybridized carbons (Fsp3) is 0.508. The van der Waals surface area contributed by atoms with Crippen molar-refractivity contribution < 1.29 is 38.4 Å². The van der Waals surface area contributed by atoms with Crippen LogP contribution in [0.4, 0.5) is 5.69 Å². The zero-order chi connectivity index (χ0) is 60.1. The molecule has 9 atom stereocenters. The van der Waals surface area contributed by atoms with E-state index in [0.717, 1.165) is 66.3 Å². The van der Waals surface area contributed by atoms with E-state index < -0.39 is 64.9 Å². The van der Waals surface area contributed by atoms with Crippen LogP contribution in [0.3, 0.4) is 0 Å². The molecule has 0 unspecified atom stereocenters. The van der Waals surface area contributed by atoms with Crippen LogP contribution in [0.15, 0.2) is 91.0 Å². The highest BCUT2D eigenvalue weighted by atomic mass is 16.2. The predicted octanol–water partition coefficient (Wildman–Crippen LogP) is 5.86. The zero-order valence-electron chi connectivity index (χ0n) is 50.2. The third-order valence-electron chi connectivity index (χ3n) is 17.2. The van der Waals surface area contributed by atoms with E-state index in [1.807, 2.05) is 96.1 Å². The van der Waals surface area contributed by atoms with E-state index in [4.69, 9.17) is 0 Å². The van der Waals surface area contributed by atoms with Crippen molar-refractivity contribution in [3.63, 3.8) is 0 Å². The van der Waals surface area contributed by atoms with Gasteiger partial charge in [-0.05, 0) is 147 Å². The van der Waals surface area contributed by atoms with Crippen LogP contribution < -0.4 is 42.1 Å². The number of carbonyl (C=O) groups excluding carboxylic acids is 8. The fourth-order valence-electron chi connectivity index (χ4n) is 12.0. The standard InChI is InChI=1S/C65H86N10O8/c1-38(66-10)57(77)71-55(64(4,5)6)62(82)74-36-46-32-48(31-30-45(46)33-53(74)60(80)69-51-24-16-20-42-18-12-14-22-49(42)51)73(40(3)76)35-41-26-28-44(29-27-41)59(79)68-47-34-54(61(81)70-52-25-17-21-43-19-13-15-23-50(43)52)75(37-47)63(83)56(65(7,8)9)72-58(78)39(2)67-11/h12-15,18-19,22-23,26-32,38-39,47,51-56,66-67H,16-17,20-21,24-25,33-37H2,1-11H3,(H,68,79)(H,69,80)(H,70,81)(H,71,77)(H,72,78)/t38-,39-,47-,51+,52+,53-,54-,55+,56+/m0/s1. The van der Waals surface area contributed by atoms with E-state index in [9.17, 15) is 33.6 Å². The number of likely N-dealkylation sites (tertiary alicyclic amines) is 1. The first-order valence-electron chi connectivity index (χ1n) is 29.5. The van der Waals surface area contributed by atoms with Crippen molar-refractivity contribution in [3.8, 4) is 0 Å². The van der Waals surface area contributed by atoms with E-state index in [-0.39, 0.29) is 80.0 Å². The molecule has 1 saturated heterocycles. The molecule has 0 saturated carbocycles. The van der Waals surface area contributed by atoms with Crippen LogP contribution in [-0.4, -0.2) is 120 Å². The van der Waals surface area contributed by atoms with Crippen molar-refractivity contribution in [1.29, 1.82) is 0 Å². The molecule has 8 rings (SSSR count). The number of hydrogen-bond acceptors (Lipinski definition) is 10. The predicted molar refractivity (Wildman–Crippen MR) is 320 cm³/mol. The molecule has 0 bridgehead atoms. The molecule has 2 aliphatic heterocycles. The van der Waals surface area contributed by atoms with Gasteiger partial charge < -0.3 is 51.9 Å². The molecule has 2 heterocycles. The van der Waals surface area contributed by atoms with Gasteiger partial charge in [-0.2, -0.15) is 0 Å². The van der Waals surface area contributed by atoms with Gasteiger partial charge in [-0.1, -0.05) is 108 Å². The number of amides is 8. The summed E-state index contributed by atoms with van der Waals surface area (Å²) in [7, 11) is 3.34. The van der Waals surface area contributed by atoms with Crippen LogP contribution in [-0.2, 0) is 65.9 Å². The Kier molecular flexibility index (Phi) is 19.3. The first-order valence-corrected chi connectivity index (χ1v) is 29.5. The number of carbonyl (C=O) groups is 8. The van der Waals surface area contributed by atoms with Gasteiger partial charge in [-0.15, -0.1) is 0 Å². The Morgan fingerprint density at radius 1 is 0.602 bits per heavy atom. The summed E-state index contributed by atoms with van der Waals surface area (Å²) in [5.74, 6) is -2.75.